The molecule has 114 valence electrons. The number of imidazole rings is 1. The van der Waals surface area contributed by atoms with Crippen molar-refractivity contribution < 1.29 is 8.42 Å². The molecule has 0 saturated heterocycles. The first kappa shape index (κ1) is 14.7. The Kier molecular flexibility index (Phi) is 4.39. The van der Waals surface area contributed by atoms with Crippen molar-refractivity contribution in [3.63, 3.8) is 0 Å². The predicted molar refractivity (Wildman–Crippen MR) is 81.7 cm³/mol. The largest absolute Gasteiger partial charge is 0.347 e. The number of sulfonamides is 1. The van der Waals surface area contributed by atoms with Crippen LogP contribution < -0.4 is 10.0 Å². The highest BCUT2D eigenvalue weighted by Crippen LogP contribution is 2.23. The lowest BCUT2D eigenvalue weighted by Crippen LogP contribution is -2.23. The molecule has 1 aliphatic rings. The Morgan fingerprint density at radius 2 is 2.24 bits per heavy atom. The molecule has 21 heavy (non-hydrogen) atoms. The van der Waals surface area contributed by atoms with Gasteiger partial charge >= 0.3 is 0 Å². The van der Waals surface area contributed by atoms with Gasteiger partial charge in [0.15, 0.2) is 0 Å². The Balaban J connectivity index is 1.55. The van der Waals surface area contributed by atoms with E-state index in [1.807, 2.05) is 6.07 Å². The van der Waals surface area contributed by atoms with Crippen LogP contribution in [-0.2, 0) is 23.0 Å². The van der Waals surface area contributed by atoms with E-state index in [2.05, 4.69) is 20.0 Å². The van der Waals surface area contributed by atoms with Gasteiger partial charge in [0, 0.05) is 29.9 Å². The van der Waals surface area contributed by atoms with Crippen LogP contribution in [0.25, 0.3) is 0 Å². The van der Waals surface area contributed by atoms with E-state index in [0.717, 1.165) is 17.8 Å². The minimum Gasteiger partial charge on any atom is -0.347 e. The van der Waals surface area contributed by atoms with Crippen molar-refractivity contribution in [1.82, 2.24) is 20.0 Å². The number of rotatable bonds is 8. The fraction of sp³-hybridized carbons (Fsp3) is 0.462. The SMILES string of the molecule is O=S(=O)(NCc1ncc[nH]1)c1ccc(CCNC2CC2)s1. The summed E-state index contributed by atoms with van der Waals surface area (Å²) in [7, 11) is -3.46. The first-order valence-corrected chi connectivity index (χ1v) is 9.23. The lowest BCUT2D eigenvalue weighted by molar-refractivity contribution is 0.582. The van der Waals surface area contributed by atoms with Crippen molar-refractivity contribution in [2.45, 2.75) is 36.1 Å². The van der Waals surface area contributed by atoms with Crippen LogP contribution in [0.5, 0.6) is 0 Å². The third-order valence-corrected chi connectivity index (χ3v) is 6.31. The molecular weight excluding hydrogens is 308 g/mol. The van der Waals surface area contributed by atoms with Crippen LogP contribution in [-0.4, -0.2) is 31.0 Å². The minimum absolute atomic E-state index is 0.172. The van der Waals surface area contributed by atoms with Gasteiger partial charge in [0.1, 0.15) is 10.0 Å². The average molecular weight is 326 g/mol. The fourth-order valence-electron chi connectivity index (χ4n) is 1.95. The van der Waals surface area contributed by atoms with Gasteiger partial charge in [-0.3, -0.25) is 0 Å². The van der Waals surface area contributed by atoms with Crippen LogP contribution in [0.4, 0.5) is 0 Å². The molecule has 0 atom stereocenters. The van der Waals surface area contributed by atoms with E-state index in [-0.39, 0.29) is 6.54 Å². The van der Waals surface area contributed by atoms with Crippen LogP contribution in [0, 0.1) is 0 Å². The normalized spacial score (nSPS) is 15.4. The minimum atomic E-state index is -3.46. The van der Waals surface area contributed by atoms with E-state index in [1.165, 1.54) is 24.2 Å². The molecule has 8 heteroatoms. The predicted octanol–water partition coefficient (Wildman–Crippen LogP) is 1.24. The van der Waals surface area contributed by atoms with Gasteiger partial charge in [-0.25, -0.2) is 18.1 Å². The van der Waals surface area contributed by atoms with Gasteiger partial charge in [-0.2, -0.15) is 0 Å². The topological polar surface area (TPSA) is 86.9 Å². The van der Waals surface area contributed by atoms with Gasteiger partial charge < -0.3 is 10.3 Å². The summed E-state index contributed by atoms with van der Waals surface area (Å²) in [6.45, 7) is 1.08. The zero-order valence-corrected chi connectivity index (χ0v) is 13.1. The lowest BCUT2D eigenvalue weighted by atomic mass is 10.3. The molecule has 2 aromatic rings. The average Bonchev–Trinajstić information content (AvgIpc) is 2.94. The Morgan fingerprint density at radius 3 is 2.95 bits per heavy atom. The number of hydrogen-bond donors (Lipinski definition) is 3. The van der Waals surface area contributed by atoms with Crippen LogP contribution in [0.3, 0.4) is 0 Å². The molecule has 0 unspecified atom stereocenters. The van der Waals surface area contributed by atoms with E-state index in [9.17, 15) is 8.42 Å². The molecule has 1 fully saturated rings. The molecule has 1 saturated carbocycles. The summed E-state index contributed by atoms with van der Waals surface area (Å²) in [5.41, 5.74) is 0. The molecule has 0 spiro atoms. The van der Waals surface area contributed by atoms with E-state index in [0.29, 0.717) is 16.1 Å². The van der Waals surface area contributed by atoms with Gasteiger partial charge in [-0.05, 0) is 31.4 Å². The van der Waals surface area contributed by atoms with Crippen molar-refractivity contribution in [1.29, 1.82) is 0 Å². The molecule has 3 N–H and O–H groups in total. The van der Waals surface area contributed by atoms with Crippen LogP contribution in [0.1, 0.15) is 23.5 Å². The molecular formula is C13H18N4O2S2. The maximum absolute atomic E-state index is 12.2. The van der Waals surface area contributed by atoms with Crippen molar-refractivity contribution in [3.05, 3.63) is 35.2 Å². The smallest absolute Gasteiger partial charge is 0.250 e. The van der Waals surface area contributed by atoms with Gasteiger partial charge in [-0.15, -0.1) is 11.3 Å². The van der Waals surface area contributed by atoms with Crippen molar-refractivity contribution in [2.24, 2.45) is 0 Å². The highest BCUT2D eigenvalue weighted by atomic mass is 32.2. The maximum atomic E-state index is 12.2. The molecule has 0 aromatic carbocycles. The van der Waals surface area contributed by atoms with Crippen LogP contribution >= 0.6 is 11.3 Å². The second-order valence-corrected chi connectivity index (χ2v) is 8.22. The Bertz CT molecular complexity index is 675. The highest BCUT2D eigenvalue weighted by Gasteiger charge is 2.20. The number of thiophene rings is 1. The number of aromatic nitrogens is 2. The molecule has 1 aliphatic carbocycles. The van der Waals surface area contributed by atoms with E-state index in [4.69, 9.17) is 0 Å². The zero-order valence-electron chi connectivity index (χ0n) is 11.5. The van der Waals surface area contributed by atoms with Crippen molar-refractivity contribution in [2.75, 3.05) is 6.54 Å². The monoisotopic (exact) mass is 326 g/mol. The van der Waals surface area contributed by atoms with E-state index < -0.39 is 10.0 Å². The lowest BCUT2D eigenvalue weighted by Gasteiger charge is -2.02. The summed E-state index contributed by atoms with van der Waals surface area (Å²) in [5, 5.41) is 3.43. The number of hydrogen-bond acceptors (Lipinski definition) is 5. The Labute approximate surface area is 128 Å². The third kappa shape index (κ3) is 4.13. The van der Waals surface area contributed by atoms with Gasteiger partial charge in [0.2, 0.25) is 10.0 Å². The summed E-state index contributed by atoms with van der Waals surface area (Å²) in [6.07, 6.45) is 6.66. The molecule has 3 rings (SSSR count). The summed E-state index contributed by atoms with van der Waals surface area (Å²) < 4.78 is 27.3. The standard InChI is InChI=1S/C13H18N4O2S2/c18-21(19,17-9-12-15-7-8-16-12)13-4-3-11(20-13)5-6-14-10-1-2-10/h3-4,7-8,10,14,17H,1-2,5-6,9H2,(H,15,16). The number of nitrogens with one attached hydrogen (secondary N) is 3. The van der Waals surface area contributed by atoms with E-state index >= 15 is 0 Å². The third-order valence-electron chi connectivity index (χ3n) is 3.27. The Hall–Kier alpha value is -1.22. The quantitative estimate of drug-likeness (QED) is 0.681. The summed E-state index contributed by atoms with van der Waals surface area (Å²) >= 11 is 1.33. The molecule has 0 aliphatic heterocycles. The van der Waals surface area contributed by atoms with Gasteiger partial charge in [-0.1, -0.05) is 0 Å². The van der Waals surface area contributed by atoms with Crippen molar-refractivity contribution >= 4 is 21.4 Å². The number of aromatic amines is 1. The number of nitrogens with zero attached hydrogens (tertiary/aromatic N) is 1. The number of H-pyrrole nitrogens is 1. The first-order valence-electron chi connectivity index (χ1n) is 6.93. The molecule has 6 nitrogen and oxygen atoms in total. The molecule has 2 aromatic heterocycles. The van der Waals surface area contributed by atoms with Crippen LogP contribution in [0.15, 0.2) is 28.7 Å². The second kappa shape index (κ2) is 6.27. The highest BCUT2D eigenvalue weighted by molar-refractivity contribution is 7.91. The first-order chi connectivity index (χ1) is 10.1. The molecule has 0 radical (unpaired) electrons. The summed E-state index contributed by atoms with van der Waals surface area (Å²) in [6, 6.07) is 4.24. The zero-order chi connectivity index (χ0) is 14.7. The Morgan fingerprint density at radius 1 is 1.38 bits per heavy atom. The molecule has 2 heterocycles. The fourth-order valence-corrected chi connectivity index (χ4v) is 4.34. The summed E-state index contributed by atoms with van der Waals surface area (Å²) in [4.78, 5) is 7.95. The van der Waals surface area contributed by atoms with Gasteiger partial charge in [0.05, 0.1) is 6.54 Å². The van der Waals surface area contributed by atoms with Crippen LogP contribution in [0.2, 0.25) is 0 Å². The summed E-state index contributed by atoms with van der Waals surface area (Å²) in [5.74, 6) is 0.601. The van der Waals surface area contributed by atoms with E-state index in [1.54, 1.807) is 18.5 Å². The van der Waals surface area contributed by atoms with Gasteiger partial charge in [0.25, 0.3) is 0 Å². The molecule has 0 amide bonds. The molecule has 0 bridgehead atoms. The van der Waals surface area contributed by atoms with Crippen molar-refractivity contribution in [3.8, 4) is 0 Å². The maximum Gasteiger partial charge on any atom is 0.250 e. The second-order valence-electron chi connectivity index (χ2n) is 5.06.